The van der Waals surface area contributed by atoms with Crippen LogP contribution >= 0.6 is 8.25 Å². The summed E-state index contributed by atoms with van der Waals surface area (Å²) in [6, 6.07) is 0. The number of rotatable bonds is 2. The summed E-state index contributed by atoms with van der Waals surface area (Å²) < 4.78 is 33.8. The number of aliphatic hydroxyl groups excluding tert-OH is 1. The number of nitrogens with two attached hydrogens (primary N) is 1. The smallest absolute Gasteiger partial charge is 0.479 e. The van der Waals surface area contributed by atoms with Crippen LogP contribution in [0.25, 0.3) is 11.2 Å². The molecule has 0 bridgehead atoms. The molecule has 2 aromatic heterocycles. The van der Waals surface area contributed by atoms with Gasteiger partial charge in [0, 0.05) is 4.57 Å². The number of methoxy groups -OCH3 is 1. The van der Waals surface area contributed by atoms with Crippen molar-refractivity contribution in [2.75, 3.05) is 19.5 Å². The molecule has 0 spiro atoms. The van der Waals surface area contributed by atoms with Crippen LogP contribution in [-0.4, -0.2) is 56.7 Å². The topological polar surface area (TPSA) is 144 Å². The molecule has 0 saturated carbocycles. The molecule has 4 rings (SSSR count). The van der Waals surface area contributed by atoms with Gasteiger partial charge in [-0.2, -0.15) is 9.97 Å². The van der Waals surface area contributed by atoms with E-state index in [4.69, 9.17) is 24.3 Å². The van der Waals surface area contributed by atoms with Crippen molar-refractivity contribution in [3.63, 3.8) is 0 Å². The van der Waals surface area contributed by atoms with Crippen LogP contribution in [0.2, 0.25) is 0 Å². The average Bonchev–Trinajstić information content (AvgIpc) is 3.08. The zero-order chi connectivity index (χ0) is 16.1. The van der Waals surface area contributed by atoms with Gasteiger partial charge in [0.1, 0.15) is 18.8 Å². The molecule has 5 atom stereocenters. The third-order valence-electron chi connectivity index (χ3n) is 3.74. The molecule has 2 unspecified atom stereocenters. The Morgan fingerprint density at radius 3 is 3.13 bits per heavy atom. The first kappa shape index (κ1) is 14.7. The number of fused-ring (bicyclic) bond motifs is 2. The zero-order valence-electron chi connectivity index (χ0n) is 11.9. The highest BCUT2D eigenvalue weighted by molar-refractivity contribution is 7.33. The predicted molar refractivity (Wildman–Crippen MR) is 74.6 cm³/mol. The van der Waals surface area contributed by atoms with Gasteiger partial charge in [-0.15, -0.1) is 9.05 Å². The van der Waals surface area contributed by atoms with Crippen molar-refractivity contribution in [3.8, 4) is 5.88 Å². The lowest BCUT2D eigenvalue weighted by atomic mass is 10.1. The SMILES string of the molecule is COc1nc(N)nc2c1ncn2[C@@H]1OC2CO[P+](=O)O[C@H]2[C@@H]1O. The Kier molecular flexibility index (Phi) is 3.39. The molecule has 12 heteroatoms. The molecule has 2 saturated heterocycles. The number of nitrogens with zero attached hydrogens (tertiary/aromatic N) is 4. The van der Waals surface area contributed by atoms with Gasteiger partial charge >= 0.3 is 8.25 Å². The quantitative estimate of drug-likeness (QED) is 0.701. The molecule has 2 aliphatic rings. The average molecular weight is 342 g/mol. The minimum absolute atomic E-state index is 0.00339. The Morgan fingerprint density at radius 1 is 1.52 bits per heavy atom. The van der Waals surface area contributed by atoms with Crippen LogP contribution in [0.15, 0.2) is 6.33 Å². The maximum Gasteiger partial charge on any atom is 0.697 e. The molecule has 2 fully saturated rings. The predicted octanol–water partition coefficient (Wildman–Crippen LogP) is -0.252. The fourth-order valence-electron chi connectivity index (χ4n) is 2.71. The van der Waals surface area contributed by atoms with Crippen LogP contribution in [0.3, 0.4) is 0 Å². The van der Waals surface area contributed by atoms with E-state index in [0.29, 0.717) is 11.2 Å². The standard InChI is InChI=1S/C11H13N5O6P/c1-19-9-5-8(14-11(12)15-9)16(3-13-5)10-6(17)7-4(21-10)2-20-23(18)22-7/h3-4,6-7,10,17H,2H2,1H3,(H2,12,14,15)/q+1/t4?,6-,7+,10+/m0/s1. The summed E-state index contributed by atoms with van der Waals surface area (Å²) >= 11 is 0. The van der Waals surface area contributed by atoms with Crippen molar-refractivity contribution in [2.24, 2.45) is 0 Å². The van der Waals surface area contributed by atoms with Gasteiger partial charge in [0.25, 0.3) is 0 Å². The Labute approximate surface area is 130 Å². The minimum atomic E-state index is -2.25. The number of aliphatic hydroxyl groups is 1. The van der Waals surface area contributed by atoms with Crippen molar-refractivity contribution in [2.45, 2.75) is 24.5 Å². The minimum Gasteiger partial charge on any atom is -0.479 e. The summed E-state index contributed by atoms with van der Waals surface area (Å²) in [6.45, 7) is 0.0699. The Balaban J connectivity index is 1.75. The highest BCUT2D eigenvalue weighted by Gasteiger charge is 2.54. The molecular formula is C11H13N5O6P+. The molecule has 4 heterocycles. The third kappa shape index (κ3) is 2.25. The molecule has 2 aliphatic heterocycles. The Hall–Kier alpha value is -1.91. The van der Waals surface area contributed by atoms with Crippen LogP contribution < -0.4 is 10.5 Å². The first-order chi connectivity index (χ1) is 11.1. The van der Waals surface area contributed by atoms with Crippen LogP contribution in [0.4, 0.5) is 5.95 Å². The van der Waals surface area contributed by atoms with E-state index in [1.54, 1.807) is 0 Å². The lowest BCUT2D eigenvalue weighted by Gasteiger charge is -2.16. The summed E-state index contributed by atoms with van der Waals surface area (Å²) in [7, 11) is -0.813. The second-order valence-electron chi connectivity index (χ2n) is 5.06. The Bertz CT molecular complexity index is 784. The van der Waals surface area contributed by atoms with Gasteiger partial charge in [-0.3, -0.25) is 4.57 Å². The van der Waals surface area contributed by atoms with Crippen LogP contribution in [0.1, 0.15) is 6.23 Å². The van der Waals surface area contributed by atoms with Gasteiger partial charge in [0.15, 0.2) is 23.5 Å². The van der Waals surface area contributed by atoms with Gasteiger partial charge < -0.3 is 20.3 Å². The molecule has 0 aromatic carbocycles. The van der Waals surface area contributed by atoms with Crippen LogP contribution in [-0.2, 0) is 18.3 Å². The monoisotopic (exact) mass is 342 g/mol. The molecule has 0 radical (unpaired) electrons. The molecule has 122 valence electrons. The number of ether oxygens (including phenoxy) is 2. The molecule has 0 aliphatic carbocycles. The van der Waals surface area contributed by atoms with Gasteiger partial charge in [-0.1, -0.05) is 0 Å². The van der Waals surface area contributed by atoms with Crippen molar-refractivity contribution in [1.82, 2.24) is 19.5 Å². The normalized spacial score (nSPS) is 32.2. The Morgan fingerprint density at radius 2 is 2.35 bits per heavy atom. The molecule has 2 aromatic rings. The summed E-state index contributed by atoms with van der Waals surface area (Å²) in [5.74, 6) is 0.225. The van der Waals surface area contributed by atoms with Crippen molar-refractivity contribution < 1.29 is 28.2 Å². The number of anilines is 1. The molecule has 11 nitrogen and oxygen atoms in total. The molecule has 0 amide bonds. The number of nitrogen functional groups attached to an aromatic ring is 1. The lowest BCUT2D eigenvalue weighted by Crippen LogP contribution is -2.37. The van der Waals surface area contributed by atoms with E-state index in [1.807, 2.05) is 0 Å². The first-order valence-electron chi connectivity index (χ1n) is 6.73. The lowest BCUT2D eigenvalue weighted by molar-refractivity contribution is -0.0553. The largest absolute Gasteiger partial charge is 0.697 e. The number of hydrogen-bond acceptors (Lipinski definition) is 10. The highest BCUT2D eigenvalue weighted by atomic mass is 31.1. The summed E-state index contributed by atoms with van der Waals surface area (Å²) in [5, 5.41) is 10.4. The second kappa shape index (κ2) is 5.32. The van der Waals surface area contributed by atoms with E-state index in [0.717, 1.165) is 0 Å². The first-order valence-corrected chi connectivity index (χ1v) is 7.82. The maximum atomic E-state index is 11.3. The van der Waals surface area contributed by atoms with Gasteiger partial charge in [0.05, 0.1) is 13.4 Å². The van der Waals surface area contributed by atoms with Crippen molar-refractivity contribution in [3.05, 3.63) is 6.33 Å². The van der Waals surface area contributed by atoms with E-state index < -0.39 is 32.8 Å². The summed E-state index contributed by atoms with van der Waals surface area (Å²) in [6.07, 6.45) is -1.76. The molecule has 23 heavy (non-hydrogen) atoms. The van der Waals surface area contributed by atoms with E-state index in [1.165, 1.54) is 18.0 Å². The molecule has 3 N–H and O–H groups in total. The third-order valence-corrected chi connectivity index (χ3v) is 4.51. The second-order valence-corrected chi connectivity index (χ2v) is 5.98. The van der Waals surface area contributed by atoms with Gasteiger partial charge in [0.2, 0.25) is 11.8 Å². The van der Waals surface area contributed by atoms with Gasteiger partial charge in [-0.05, 0) is 0 Å². The van der Waals surface area contributed by atoms with E-state index in [9.17, 15) is 9.67 Å². The number of imidazole rings is 1. The zero-order valence-corrected chi connectivity index (χ0v) is 12.8. The fraction of sp³-hybridized carbons (Fsp3) is 0.545. The van der Waals surface area contributed by atoms with Crippen LogP contribution in [0.5, 0.6) is 5.88 Å². The van der Waals surface area contributed by atoms with Crippen molar-refractivity contribution in [1.29, 1.82) is 0 Å². The summed E-state index contributed by atoms with van der Waals surface area (Å²) in [4.78, 5) is 12.2. The van der Waals surface area contributed by atoms with Crippen molar-refractivity contribution >= 4 is 25.4 Å². The fourth-order valence-corrected chi connectivity index (χ4v) is 3.50. The number of hydrogen-bond donors (Lipinski definition) is 2. The number of aromatic nitrogens is 4. The van der Waals surface area contributed by atoms with E-state index in [2.05, 4.69) is 15.0 Å². The van der Waals surface area contributed by atoms with E-state index in [-0.39, 0.29) is 18.4 Å². The highest BCUT2D eigenvalue weighted by Crippen LogP contribution is 2.43. The van der Waals surface area contributed by atoms with E-state index >= 15 is 0 Å². The summed E-state index contributed by atoms with van der Waals surface area (Å²) in [5.41, 5.74) is 6.40. The van der Waals surface area contributed by atoms with Crippen LogP contribution in [0, 0.1) is 0 Å². The maximum absolute atomic E-state index is 11.3. The van der Waals surface area contributed by atoms with Gasteiger partial charge in [-0.25, -0.2) is 4.98 Å². The molecular weight excluding hydrogens is 329 g/mol.